The van der Waals surface area contributed by atoms with E-state index in [1.807, 2.05) is 19.1 Å². The van der Waals surface area contributed by atoms with E-state index in [-0.39, 0.29) is 0 Å². The Labute approximate surface area is 209 Å². The molecule has 2 aromatic rings. The molecule has 9 nitrogen and oxygen atoms in total. The standard InChI is InChI=1S/C27H30N2O7/c1-2-34-20-6-3-18(4-7-20)24-23(25(30)19-5-8-21-22(17-19)36-16-15-35-21)26(31)27(32)29(24)10-9-28-11-13-33-14-12-28/h3-8,17,23-24H,2,9-16H2,1H3. The minimum absolute atomic E-state index is 0.316. The number of amides is 1. The van der Waals surface area contributed by atoms with Gasteiger partial charge in [-0.05, 0) is 42.8 Å². The number of Topliss-reactive ketones (excluding diaryl/α,β-unsaturated/α-hetero) is 2. The number of likely N-dealkylation sites (tertiary alicyclic amines) is 1. The molecule has 2 saturated heterocycles. The number of nitrogens with zero attached hydrogens (tertiary/aromatic N) is 2. The summed E-state index contributed by atoms with van der Waals surface area (Å²) in [6.45, 7) is 7.00. The van der Waals surface area contributed by atoms with Crippen molar-refractivity contribution in [1.29, 1.82) is 0 Å². The van der Waals surface area contributed by atoms with E-state index in [4.69, 9.17) is 18.9 Å². The van der Waals surface area contributed by atoms with Gasteiger partial charge in [0, 0.05) is 31.7 Å². The molecule has 190 valence electrons. The van der Waals surface area contributed by atoms with Gasteiger partial charge in [0.15, 0.2) is 17.3 Å². The van der Waals surface area contributed by atoms with Crippen molar-refractivity contribution in [2.24, 2.45) is 5.92 Å². The third kappa shape index (κ3) is 4.81. The van der Waals surface area contributed by atoms with Crippen LogP contribution in [0.3, 0.4) is 0 Å². The number of hydrogen-bond donors (Lipinski definition) is 0. The molecule has 0 aliphatic carbocycles. The smallest absolute Gasteiger partial charge is 0.291 e. The van der Waals surface area contributed by atoms with Gasteiger partial charge < -0.3 is 23.8 Å². The van der Waals surface area contributed by atoms with Crippen LogP contribution in [-0.4, -0.2) is 86.5 Å². The van der Waals surface area contributed by atoms with Crippen molar-refractivity contribution in [2.75, 3.05) is 59.2 Å². The van der Waals surface area contributed by atoms with Gasteiger partial charge in [0.05, 0.1) is 25.9 Å². The highest BCUT2D eigenvalue weighted by molar-refractivity contribution is 6.44. The number of benzene rings is 2. The first-order chi connectivity index (χ1) is 17.6. The van der Waals surface area contributed by atoms with Crippen molar-refractivity contribution in [1.82, 2.24) is 9.80 Å². The summed E-state index contributed by atoms with van der Waals surface area (Å²) >= 11 is 0. The minimum Gasteiger partial charge on any atom is -0.494 e. The Morgan fingerprint density at radius 2 is 1.67 bits per heavy atom. The van der Waals surface area contributed by atoms with Gasteiger partial charge in [-0.2, -0.15) is 0 Å². The van der Waals surface area contributed by atoms with Crippen molar-refractivity contribution >= 4 is 17.5 Å². The second-order valence-corrected chi connectivity index (χ2v) is 8.96. The van der Waals surface area contributed by atoms with Crippen LogP contribution in [0.15, 0.2) is 42.5 Å². The maximum Gasteiger partial charge on any atom is 0.291 e. The average molecular weight is 495 g/mol. The van der Waals surface area contributed by atoms with Crippen LogP contribution in [0.1, 0.15) is 28.9 Å². The lowest BCUT2D eigenvalue weighted by atomic mass is 9.86. The van der Waals surface area contributed by atoms with E-state index >= 15 is 0 Å². The molecular formula is C27H30N2O7. The molecule has 0 N–H and O–H groups in total. The molecule has 2 fully saturated rings. The Hall–Kier alpha value is -3.43. The molecule has 3 aliphatic rings. The number of carbonyl (C=O) groups is 3. The summed E-state index contributed by atoms with van der Waals surface area (Å²) in [5, 5.41) is 0. The lowest BCUT2D eigenvalue weighted by Gasteiger charge is -2.31. The van der Waals surface area contributed by atoms with Gasteiger partial charge in [0.1, 0.15) is 24.9 Å². The average Bonchev–Trinajstić information content (AvgIpc) is 3.17. The second kappa shape index (κ2) is 10.7. The molecule has 9 heteroatoms. The molecule has 5 rings (SSSR count). The van der Waals surface area contributed by atoms with Gasteiger partial charge in [-0.3, -0.25) is 19.3 Å². The number of morpholine rings is 1. The number of ether oxygens (including phenoxy) is 4. The fourth-order valence-corrected chi connectivity index (χ4v) is 4.98. The quantitative estimate of drug-likeness (QED) is 0.313. The molecule has 3 heterocycles. The van der Waals surface area contributed by atoms with E-state index in [0.29, 0.717) is 68.9 Å². The largest absolute Gasteiger partial charge is 0.494 e. The van der Waals surface area contributed by atoms with Gasteiger partial charge in [0.25, 0.3) is 5.91 Å². The van der Waals surface area contributed by atoms with Crippen LogP contribution in [0.25, 0.3) is 0 Å². The monoisotopic (exact) mass is 494 g/mol. The van der Waals surface area contributed by atoms with Crippen LogP contribution >= 0.6 is 0 Å². The molecule has 0 saturated carbocycles. The van der Waals surface area contributed by atoms with Crippen LogP contribution in [0.2, 0.25) is 0 Å². The Kier molecular flexibility index (Phi) is 7.20. The number of fused-ring (bicyclic) bond motifs is 1. The highest BCUT2D eigenvalue weighted by Gasteiger charge is 2.51. The molecule has 0 spiro atoms. The van der Waals surface area contributed by atoms with E-state index in [0.717, 1.165) is 18.7 Å². The summed E-state index contributed by atoms with van der Waals surface area (Å²) in [6, 6.07) is 11.4. The molecular weight excluding hydrogens is 464 g/mol. The van der Waals surface area contributed by atoms with Crippen LogP contribution in [0, 0.1) is 5.92 Å². The third-order valence-electron chi connectivity index (χ3n) is 6.81. The van der Waals surface area contributed by atoms with Crippen molar-refractivity contribution in [3.05, 3.63) is 53.6 Å². The van der Waals surface area contributed by atoms with Crippen molar-refractivity contribution in [3.63, 3.8) is 0 Å². The Morgan fingerprint density at radius 1 is 0.944 bits per heavy atom. The van der Waals surface area contributed by atoms with Gasteiger partial charge in [0.2, 0.25) is 5.78 Å². The number of hydrogen-bond acceptors (Lipinski definition) is 8. The van der Waals surface area contributed by atoms with Crippen LogP contribution in [0.5, 0.6) is 17.2 Å². The second-order valence-electron chi connectivity index (χ2n) is 8.96. The van der Waals surface area contributed by atoms with Crippen LogP contribution in [-0.2, 0) is 14.3 Å². The van der Waals surface area contributed by atoms with Crippen LogP contribution < -0.4 is 14.2 Å². The highest BCUT2D eigenvalue weighted by atomic mass is 16.6. The normalized spacial score (nSPS) is 22.1. The lowest BCUT2D eigenvalue weighted by molar-refractivity contribution is -0.141. The lowest BCUT2D eigenvalue weighted by Crippen LogP contribution is -2.42. The predicted molar refractivity (Wildman–Crippen MR) is 130 cm³/mol. The van der Waals surface area contributed by atoms with Gasteiger partial charge in [-0.1, -0.05) is 12.1 Å². The molecule has 3 aliphatic heterocycles. The van der Waals surface area contributed by atoms with Gasteiger partial charge >= 0.3 is 0 Å². The summed E-state index contributed by atoms with van der Waals surface area (Å²) in [7, 11) is 0. The first-order valence-corrected chi connectivity index (χ1v) is 12.4. The summed E-state index contributed by atoms with van der Waals surface area (Å²) < 4.78 is 22.2. The first-order valence-electron chi connectivity index (χ1n) is 12.4. The molecule has 0 bridgehead atoms. The zero-order valence-electron chi connectivity index (χ0n) is 20.3. The predicted octanol–water partition coefficient (Wildman–Crippen LogP) is 2.14. The SMILES string of the molecule is CCOc1ccc(C2C(C(=O)c3ccc4c(c3)OCCO4)C(=O)C(=O)N2CCN2CCOCC2)cc1. The van der Waals surface area contributed by atoms with E-state index in [2.05, 4.69) is 4.90 Å². The van der Waals surface area contributed by atoms with Crippen molar-refractivity contribution < 1.29 is 33.3 Å². The molecule has 36 heavy (non-hydrogen) atoms. The van der Waals surface area contributed by atoms with Crippen molar-refractivity contribution in [2.45, 2.75) is 13.0 Å². The number of carbonyl (C=O) groups excluding carboxylic acids is 3. The number of rotatable bonds is 8. The molecule has 1 amide bonds. The summed E-state index contributed by atoms with van der Waals surface area (Å²) in [6.07, 6.45) is 0. The Morgan fingerprint density at radius 3 is 2.39 bits per heavy atom. The molecule has 2 aromatic carbocycles. The maximum atomic E-state index is 13.7. The summed E-state index contributed by atoms with van der Waals surface area (Å²) in [5.41, 5.74) is 1.03. The van der Waals surface area contributed by atoms with E-state index in [1.54, 1.807) is 35.2 Å². The topological polar surface area (TPSA) is 94.6 Å². The van der Waals surface area contributed by atoms with Gasteiger partial charge in [-0.25, -0.2) is 0 Å². The van der Waals surface area contributed by atoms with E-state index in [1.165, 1.54) is 0 Å². The maximum absolute atomic E-state index is 13.7. The highest BCUT2D eigenvalue weighted by Crippen LogP contribution is 2.40. The molecule has 2 unspecified atom stereocenters. The fraction of sp³-hybridized carbons (Fsp3) is 0.444. The van der Waals surface area contributed by atoms with Crippen molar-refractivity contribution in [3.8, 4) is 17.2 Å². The number of ketones is 2. The Bertz CT molecular complexity index is 1130. The minimum atomic E-state index is -1.15. The summed E-state index contributed by atoms with van der Waals surface area (Å²) in [5.74, 6) is -1.16. The first kappa shape index (κ1) is 24.3. The van der Waals surface area contributed by atoms with E-state index in [9.17, 15) is 14.4 Å². The molecule has 0 radical (unpaired) electrons. The molecule has 2 atom stereocenters. The van der Waals surface area contributed by atoms with E-state index < -0.39 is 29.4 Å². The zero-order valence-corrected chi connectivity index (χ0v) is 20.3. The van der Waals surface area contributed by atoms with Crippen LogP contribution in [0.4, 0.5) is 0 Å². The third-order valence-corrected chi connectivity index (χ3v) is 6.81. The molecule has 0 aromatic heterocycles. The Balaban J connectivity index is 1.46. The fourth-order valence-electron chi connectivity index (χ4n) is 4.98. The summed E-state index contributed by atoms with van der Waals surface area (Å²) in [4.78, 5) is 44.0. The van der Waals surface area contributed by atoms with Gasteiger partial charge in [-0.15, -0.1) is 0 Å². The zero-order chi connectivity index (χ0) is 25.1.